The average molecular weight is 311 g/mol. The molecule has 1 unspecified atom stereocenters. The maximum atomic E-state index is 11.4. The molecule has 1 heterocycles. The van der Waals surface area contributed by atoms with Gasteiger partial charge in [-0.25, -0.2) is 0 Å². The Kier molecular flexibility index (Phi) is 4.93. The van der Waals surface area contributed by atoms with Gasteiger partial charge in [0.15, 0.2) is 0 Å². The predicted octanol–water partition coefficient (Wildman–Crippen LogP) is 3.92. The molecule has 3 rings (SSSR count). The van der Waals surface area contributed by atoms with E-state index in [0.29, 0.717) is 6.54 Å². The van der Waals surface area contributed by atoms with Crippen LogP contribution in [0, 0.1) is 0 Å². The number of carboxylic acids is 1. The van der Waals surface area contributed by atoms with Crippen molar-refractivity contribution in [2.75, 3.05) is 6.54 Å². The first-order chi connectivity index (χ1) is 11.2. The molecule has 0 spiro atoms. The van der Waals surface area contributed by atoms with Crippen LogP contribution >= 0.6 is 0 Å². The molecular weight excluding hydrogens is 290 g/mol. The fourth-order valence-corrected chi connectivity index (χ4v) is 2.98. The number of piperidine rings is 1. The standard InChI is InChI=1S/C19H21NO3/c21-19(22)18-8-4-5-13-20(18)14-15-9-11-17(12-10-15)23-16-6-2-1-3-7-16/h1-3,6-7,9-12,18H,4-5,8,13-14H2,(H,21,22). The molecule has 1 N–H and O–H groups in total. The third kappa shape index (κ3) is 4.11. The zero-order chi connectivity index (χ0) is 16.1. The monoisotopic (exact) mass is 311 g/mol. The van der Waals surface area contributed by atoms with Crippen molar-refractivity contribution in [2.24, 2.45) is 0 Å². The molecule has 1 atom stereocenters. The van der Waals surface area contributed by atoms with Crippen molar-refractivity contribution in [1.29, 1.82) is 0 Å². The number of hydrogen-bond donors (Lipinski definition) is 1. The number of ether oxygens (including phenoxy) is 1. The molecule has 1 saturated heterocycles. The second-order valence-electron chi connectivity index (χ2n) is 5.88. The molecule has 1 fully saturated rings. The van der Waals surface area contributed by atoms with Crippen LogP contribution in [0.15, 0.2) is 54.6 Å². The molecule has 1 aliphatic heterocycles. The summed E-state index contributed by atoms with van der Waals surface area (Å²) in [6, 6.07) is 17.2. The molecule has 0 aliphatic carbocycles. The van der Waals surface area contributed by atoms with Gasteiger partial charge >= 0.3 is 5.97 Å². The average Bonchev–Trinajstić information content (AvgIpc) is 2.58. The van der Waals surface area contributed by atoms with Crippen LogP contribution in [0.3, 0.4) is 0 Å². The van der Waals surface area contributed by atoms with Crippen LogP contribution in [0.2, 0.25) is 0 Å². The summed E-state index contributed by atoms with van der Waals surface area (Å²) in [4.78, 5) is 13.4. The molecule has 4 heteroatoms. The van der Waals surface area contributed by atoms with E-state index in [1.165, 1.54) is 0 Å². The lowest BCUT2D eigenvalue weighted by Gasteiger charge is -2.32. The molecule has 120 valence electrons. The maximum absolute atomic E-state index is 11.4. The highest BCUT2D eigenvalue weighted by Crippen LogP contribution is 2.23. The van der Waals surface area contributed by atoms with E-state index in [1.54, 1.807) is 0 Å². The van der Waals surface area contributed by atoms with Gasteiger partial charge in [-0.3, -0.25) is 9.69 Å². The highest BCUT2D eigenvalue weighted by atomic mass is 16.5. The Labute approximate surface area is 136 Å². The van der Waals surface area contributed by atoms with E-state index in [9.17, 15) is 9.90 Å². The van der Waals surface area contributed by atoms with E-state index in [0.717, 1.165) is 42.9 Å². The van der Waals surface area contributed by atoms with Crippen LogP contribution in [-0.4, -0.2) is 28.6 Å². The summed E-state index contributed by atoms with van der Waals surface area (Å²) in [5, 5.41) is 9.33. The van der Waals surface area contributed by atoms with Crippen molar-refractivity contribution in [1.82, 2.24) is 4.90 Å². The number of hydrogen-bond acceptors (Lipinski definition) is 3. The quantitative estimate of drug-likeness (QED) is 0.909. The van der Waals surface area contributed by atoms with Gasteiger partial charge in [-0.2, -0.15) is 0 Å². The van der Waals surface area contributed by atoms with Crippen molar-refractivity contribution < 1.29 is 14.6 Å². The summed E-state index contributed by atoms with van der Waals surface area (Å²) < 4.78 is 5.77. The fraction of sp³-hybridized carbons (Fsp3) is 0.316. The fourth-order valence-electron chi connectivity index (χ4n) is 2.98. The lowest BCUT2D eigenvalue weighted by Crippen LogP contribution is -2.43. The van der Waals surface area contributed by atoms with Crippen molar-refractivity contribution in [3.63, 3.8) is 0 Å². The second kappa shape index (κ2) is 7.29. The normalized spacial score (nSPS) is 18.5. The predicted molar refractivity (Wildman–Crippen MR) is 88.6 cm³/mol. The Bertz CT molecular complexity index is 639. The molecule has 0 amide bonds. The molecule has 0 saturated carbocycles. The summed E-state index contributed by atoms with van der Waals surface area (Å²) in [6.45, 7) is 1.52. The topological polar surface area (TPSA) is 49.8 Å². The highest BCUT2D eigenvalue weighted by Gasteiger charge is 2.28. The van der Waals surface area contributed by atoms with Crippen molar-refractivity contribution in [2.45, 2.75) is 31.8 Å². The lowest BCUT2D eigenvalue weighted by atomic mass is 10.0. The molecule has 0 bridgehead atoms. The highest BCUT2D eigenvalue weighted by molar-refractivity contribution is 5.73. The van der Waals surface area contributed by atoms with Gasteiger partial charge in [0, 0.05) is 6.54 Å². The van der Waals surface area contributed by atoms with E-state index in [4.69, 9.17) is 4.74 Å². The number of rotatable bonds is 5. The second-order valence-corrected chi connectivity index (χ2v) is 5.88. The zero-order valence-electron chi connectivity index (χ0n) is 13.0. The van der Waals surface area contributed by atoms with Crippen LogP contribution in [0.5, 0.6) is 11.5 Å². The molecule has 4 nitrogen and oxygen atoms in total. The molecule has 0 radical (unpaired) electrons. The van der Waals surface area contributed by atoms with E-state index >= 15 is 0 Å². The van der Waals surface area contributed by atoms with Gasteiger partial charge in [-0.1, -0.05) is 36.8 Å². The van der Waals surface area contributed by atoms with Gasteiger partial charge in [0.25, 0.3) is 0 Å². The van der Waals surface area contributed by atoms with Gasteiger partial charge in [0.05, 0.1) is 0 Å². The van der Waals surface area contributed by atoms with Crippen LogP contribution in [0.25, 0.3) is 0 Å². The third-order valence-corrected chi connectivity index (χ3v) is 4.19. The van der Waals surface area contributed by atoms with Crippen LogP contribution in [0.4, 0.5) is 0 Å². The smallest absolute Gasteiger partial charge is 0.320 e. The first-order valence-corrected chi connectivity index (χ1v) is 8.01. The lowest BCUT2D eigenvalue weighted by molar-refractivity contribution is -0.144. The molecule has 2 aromatic rings. The van der Waals surface area contributed by atoms with Crippen LogP contribution in [-0.2, 0) is 11.3 Å². The molecule has 1 aliphatic rings. The minimum atomic E-state index is -0.714. The largest absolute Gasteiger partial charge is 0.480 e. The van der Waals surface area contributed by atoms with Gasteiger partial charge in [0.1, 0.15) is 17.5 Å². The number of para-hydroxylation sites is 1. The number of nitrogens with zero attached hydrogens (tertiary/aromatic N) is 1. The Hall–Kier alpha value is -2.33. The Morgan fingerprint density at radius 3 is 2.43 bits per heavy atom. The molecule has 23 heavy (non-hydrogen) atoms. The molecule has 0 aromatic heterocycles. The first-order valence-electron chi connectivity index (χ1n) is 8.01. The number of benzene rings is 2. The Morgan fingerprint density at radius 2 is 1.74 bits per heavy atom. The molecular formula is C19H21NO3. The van der Waals surface area contributed by atoms with Gasteiger partial charge < -0.3 is 9.84 Å². The SMILES string of the molecule is O=C(O)C1CCCCN1Cc1ccc(Oc2ccccc2)cc1. The summed E-state index contributed by atoms with van der Waals surface area (Å²) in [7, 11) is 0. The zero-order valence-corrected chi connectivity index (χ0v) is 13.0. The van der Waals surface area contributed by atoms with Crippen molar-refractivity contribution in [3.05, 3.63) is 60.2 Å². The van der Waals surface area contributed by atoms with E-state index in [2.05, 4.69) is 4.90 Å². The number of likely N-dealkylation sites (tertiary alicyclic amines) is 1. The Morgan fingerprint density at radius 1 is 1.04 bits per heavy atom. The maximum Gasteiger partial charge on any atom is 0.320 e. The summed E-state index contributed by atoms with van der Waals surface area (Å²) in [5.74, 6) is 0.879. The first kappa shape index (κ1) is 15.6. The minimum absolute atomic E-state index is 0.357. The van der Waals surface area contributed by atoms with E-state index in [1.807, 2.05) is 54.6 Å². The van der Waals surface area contributed by atoms with Gasteiger partial charge in [-0.15, -0.1) is 0 Å². The summed E-state index contributed by atoms with van der Waals surface area (Å²) >= 11 is 0. The summed E-state index contributed by atoms with van der Waals surface area (Å²) in [6.07, 6.45) is 2.81. The van der Waals surface area contributed by atoms with Crippen molar-refractivity contribution >= 4 is 5.97 Å². The van der Waals surface area contributed by atoms with E-state index < -0.39 is 5.97 Å². The number of carboxylic acid groups (broad SMARTS) is 1. The van der Waals surface area contributed by atoms with Gasteiger partial charge in [0.2, 0.25) is 0 Å². The van der Waals surface area contributed by atoms with Crippen LogP contribution < -0.4 is 4.74 Å². The number of aliphatic carboxylic acids is 1. The van der Waals surface area contributed by atoms with E-state index in [-0.39, 0.29) is 6.04 Å². The van der Waals surface area contributed by atoms with Crippen molar-refractivity contribution in [3.8, 4) is 11.5 Å². The van der Waals surface area contributed by atoms with Crippen LogP contribution in [0.1, 0.15) is 24.8 Å². The Balaban J connectivity index is 1.64. The van der Waals surface area contributed by atoms with Gasteiger partial charge in [-0.05, 0) is 49.2 Å². The molecule has 2 aromatic carbocycles. The third-order valence-electron chi connectivity index (χ3n) is 4.19. The minimum Gasteiger partial charge on any atom is -0.480 e. The summed E-state index contributed by atoms with van der Waals surface area (Å²) in [5.41, 5.74) is 1.11. The number of carbonyl (C=O) groups is 1.